The fourth-order valence-electron chi connectivity index (χ4n) is 1.93. The first kappa shape index (κ1) is 16.0. The average molecular weight is 308 g/mol. The van der Waals surface area contributed by atoms with Crippen LogP contribution in [0.2, 0.25) is 0 Å². The van der Waals surface area contributed by atoms with Crippen molar-refractivity contribution >= 4 is 5.69 Å². The maximum Gasteiger partial charge on any atom is 0.272 e. The molecule has 6 heteroatoms. The Balaban J connectivity index is 2.02. The molecule has 0 saturated carbocycles. The highest BCUT2D eigenvalue weighted by atomic mass is 19.3. The molecule has 0 spiro atoms. The molecule has 0 amide bonds. The predicted octanol–water partition coefficient (Wildman–Crippen LogP) is 3.46. The third-order valence-corrected chi connectivity index (χ3v) is 2.92. The molecule has 0 radical (unpaired) electrons. The summed E-state index contributed by atoms with van der Waals surface area (Å²) in [4.78, 5) is 0. The van der Waals surface area contributed by atoms with Gasteiger partial charge < -0.3 is 14.9 Å². The van der Waals surface area contributed by atoms with Crippen molar-refractivity contribution in [1.82, 2.24) is 5.43 Å². The van der Waals surface area contributed by atoms with Crippen LogP contribution in [0.3, 0.4) is 0 Å². The lowest BCUT2D eigenvalue weighted by Gasteiger charge is -2.16. The molecule has 0 saturated heterocycles. The number of rotatable bonds is 8. The number of nitrogens with one attached hydrogen (secondary N) is 2. The second-order valence-electron chi connectivity index (χ2n) is 4.50. The van der Waals surface area contributed by atoms with Crippen LogP contribution in [0.4, 0.5) is 14.5 Å². The summed E-state index contributed by atoms with van der Waals surface area (Å²) in [6, 6.07) is 14.8. The summed E-state index contributed by atoms with van der Waals surface area (Å²) >= 11 is 0. The van der Waals surface area contributed by atoms with E-state index in [9.17, 15) is 8.78 Å². The van der Waals surface area contributed by atoms with Gasteiger partial charge in [0.05, 0.1) is 7.11 Å². The summed E-state index contributed by atoms with van der Waals surface area (Å²) in [5, 5.41) is 0. The molecule has 2 aromatic rings. The lowest BCUT2D eigenvalue weighted by Crippen LogP contribution is -2.21. The van der Waals surface area contributed by atoms with E-state index in [1.165, 1.54) is 7.11 Å². The predicted molar refractivity (Wildman–Crippen MR) is 81.4 cm³/mol. The first-order valence-electron chi connectivity index (χ1n) is 6.81. The van der Waals surface area contributed by atoms with Crippen LogP contribution in [-0.2, 0) is 6.54 Å². The number of methoxy groups -OCH3 is 1. The van der Waals surface area contributed by atoms with Crippen molar-refractivity contribution in [3.63, 3.8) is 0 Å². The van der Waals surface area contributed by atoms with Crippen LogP contribution in [0.1, 0.15) is 5.56 Å². The van der Waals surface area contributed by atoms with E-state index < -0.39 is 13.0 Å². The Kier molecular flexibility index (Phi) is 5.97. The van der Waals surface area contributed by atoms with Crippen molar-refractivity contribution in [2.45, 2.75) is 13.0 Å². The van der Waals surface area contributed by atoms with Gasteiger partial charge in [-0.05, 0) is 18.2 Å². The maximum absolute atomic E-state index is 12.4. The molecule has 118 valence electrons. The van der Waals surface area contributed by atoms with Gasteiger partial charge in [0.1, 0.15) is 6.61 Å². The lowest BCUT2D eigenvalue weighted by atomic mass is 10.2. The van der Waals surface area contributed by atoms with Gasteiger partial charge in [-0.3, -0.25) is 0 Å². The lowest BCUT2D eigenvalue weighted by molar-refractivity contribution is 0.0799. The van der Waals surface area contributed by atoms with Crippen LogP contribution in [-0.4, -0.2) is 20.1 Å². The van der Waals surface area contributed by atoms with Crippen molar-refractivity contribution in [1.29, 1.82) is 0 Å². The number of hydrogen-bond donors (Lipinski definition) is 2. The summed E-state index contributed by atoms with van der Waals surface area (Å²) in [7, 11) is 1.48. The molecule has 0 bridgehead atoms. The molecular weight excluding hydrogens is 290 g/mol. The van der Waals surface area contributed by atoms with Crippen molar-refractivity contribution in [2.75, 3.05) is 19.1 Å². The number of para-hydroxylation sites is 2. The third kappa shape index (κ3) is 4.60. The summed E-state index contributed by atoms with van der Waals surface area (Å²) < 4.78 is 35.1. The summed E-state index contributed by atoms with van der Waals surface area (Å²) in [5.41, 5.74) is 7.68. The standard InChI is InChI=1S/C16H18F2N2O2/c1-21-14-9-5-6-12(16(14)22-11-15(17)18)10-19-20-13-7-3-2-4-8-13/h2-9,15,19-20H,10-11H2,1H3. The zero-order valence-corrected chi connectivity index (χ0v) is 12.2. The maximum atomic E-state index is 12.4. The SMILES string of the molecule is COc1cccc(CNNc2ccccc2)c1OCC(F)F. The fourth-order valence-corrected chi connectivity index (χ4v) is 1.93. The Bertz CT molecular complexity index is 580. The van der Waals surface area contributed by atoms with Crippen molar-refractivity contribution in [3.05, 3.63) is 54.1 Å². The Hall–Kier alpha value is -2.34. The van der Waals surface area contributed by atoms with E-state index in [1.54, 1.807) is 18.2 Å². The number of hydrogen-bond acceptors (Lipinski definition) is 4. The number of halogens is 2. The van der Waals surface area contributed by atoms with Gasteiger partial charge in [0.15, 0.2) is 11.5 Å². The Morgan fingerprint density at radius 3 is 2.50 bits per heavy atom. The van der Waals surface area contributed by atoms with Crippen LogP contribution in [0.15, 0.2) is 48.5 Å². The molecule has 0 aliphatic heterocycles. The Labute approximate surface area is 128 Å². The molecule has 0 heterocycles. The summed E-state index contributed by atoms with van der Waals surface area (Å²) in [5.74, 6) is 0.757. The van der Waals surface area contributed by atoms with Gasteiger partial charge in [-0.1, -0.05) is 30.3 Å². The largest absolute Gasteiger partial charge is 0.493 e. The minimum absolute atomic E-state index is 0.327. The van der Waals surface area contributed by atoms with E-state index in [1.807, 2.05) is 30.3 Å². The smallest absolute Gasteiger partial charge is 0.272 e. The van der Waals surface area contributed by atoms with Gasteiger partial charge >= 0.3 is 0 Å². The number of alkyl halides is 2. The molecular formula is C16H18F2N2O2. The van der Waals surface area contributed by atoms with Crippen LogP contribution < -0.4 is 20.3 Å². The Morgan fingerprint density at radius 2 is 1.82 bits per heavy atom. The number of hydrazine groups is 1. The molecule has 0 aliphatic carbocycles. The highest BCUT2D eigenvalue weighted by Crippen LogP contribution is 2.31. The Morgan fingerprint density at radius 1 is 1.05 bits per heavy atom. The van der Waals surface area contributed by atoms with Crippen LogP contribution in [0.25, 0.3) is 0 Å². The van der Waals surface area contributed by atoms with E-state index in [0.717, 1.165) is 11.3 Å². The highest BCUT2D eigenvalue weighted by Gasteiger charge is 2.13. The molecule has 2 aromatic carbocycles. The average Bonchev–Trinajstić information content (AvgIpc) is 2.54. The third-order valence-electron chi connectivity index (χ3n) is 2.92. The molecule has 0 aromatic heterocycles. The van der Waals surface area contributed by atoms with Gasteiger partial charge in [0, 0.05) is 17.8 Å². The summed E-state index contributed by atoms with van der Waals surface area (Å²) in [6.07, 6.45) is -2.53. The molecule has 4 nitrogen and oxygen atoms in total. The van der Waals surface area contributed by atoms with Crippen LogP contribution in [0.5, 0.6) is 11.5 Å². The zero-order valence-electron chi connectivity index (χ0n) is 12.2. The first-order chi connectivity index (χ1) is 10.7. The van der Waals surface area contributed by atoms with E-state index in [-0.39, 0.29) is 0 Å². The number of benzene rings is 2. The minimum Gasteiger partial charge on any atom is -0.493 e. The molecule has 0 atom stereocenters. The zero-order chi connectivity index (χ0) is 15.8. The van der Waals surface area contributed by atoms with Gasteiger partial charge in [0.25, 0.3) is 6.43 Å². The van der Waals surface area contributed by atoms with Gasteiger partial charge in [-0.15, -0.1) is 0 Å². The van der Waals surface area contributed by atoms with Gasteiger partial charge in [0.2, 0.25) is 0 Å². The highest BCUT2D eigenvalue weighted by molar-refractivity contribution is 5.47. The minimum atomic E-state index is -2.53. The van der Waals surface area contributed by atoms with Crippen LogP contribution >= 0.6 is 0 Å². The number of anilines is 1. The van der Waals surface area contributed by atoms with E-state index in [4.69, 9.17) is 9.47 Å². The molecule has 0 unspecified atom stereocenters. The second-order valence-corrected chi connectivity index (χ2v) is 4.50. The van der Waals surface area contributed by atoms with Crippen LogP contribution in [0, 0.1) is 0 Å². The van der Waals surface area contributed by atoms with Gasteiger partial charge in [-0.2, -0.15) is 0 Å². The molecule has 0 aliphatic rings. The quantitative estimate of drug-likeness (QED) is 0.733. The summed E-state index contributed by atoms with van der Waals surface area (Å²) in [6.45, 7) is -0.274. The van der Waals surface area contributed by atoms with E-state index >= 15 is 0 Å². The topological polar surface area (TPSA) is 42.5 Å². The van der Waals surface area contributed by atoms with Crippen molar-refractivity contribution in [3.8, 4) is 11.5 Å². The van der Waals surface area contributed by atoms with Crippen molar-refractivity contribution < 1.29 is 18.3 Å². The fraction of sp³-hybridized carbons (Fsp3) is 0.250. The monoisotopic (exact) mass is 308 g/mol. The molecule has 0 fully saturated rings. The van der Waals surface area contributed by atoms with Crippen molar-refractivity contribution in [2.24, 2.45) is 0 Å². The normalized spacial score (nSPS) is 10.5. The second kappa shape index (κ2) is 8.19. The van der Waals surface area contributed by atoms with E-state index in [2.05, 4.69) is 10.9 Å². The molecule has 2 rings (SSSR count). The van der Waals surface area contributed by atoms with E-state index in [0.29, 0.717) is 18.0 Å². The number of ether oxygens (including phenoxy) is 2. The van der Waals surface area contributed by atoms with Gasteiger partial charge in [-0.25, -0.2) is 14.2 Å². The molecule has 2 N–H and O–H groups in total. The molecule has 22 heavy (non-hydrogen) atoms. The first-order valence-corrected chi connectivity index (χ1v) is 6.81.